The molecular weight excluding hydrogens is 214 g/mol. The highest BCUT2D eigenvalue weighted by atomic mass is 16.5. The van der Waals surface area contributed by atoms with Crippen molar-refractivity contribution >= 4 is 0 Å². The van der Waals surface area contributed by atoms with Gasteiger partial charge >= 0.3 is 0 Å². The molecule has 100 valence electrons. The molecule has 2 rings (SSSR count). The Hall–Kier alpha value is -0.120. The normalized spacial score (nSPS) is 40.4. The zero-order valence-corrected chi connectivity index (χ0v) is 11.2. The monoisotopic (exact) mass is 241 g/mol. The first-order chi connectivity index (χ1) is 8.16. The minimum Gasteiger partial charge on any atom is -0.381 e. The largest absolute Gasteiger partial charge is 0.381 e. The minimum absolute atomic E-state index is 0.230. The van der Waals surface area contributed by atoms with E-state index in [9.17, 15) is 0 Å². The lowest BCUT2D eigenvalue weighted by molar-refractivity contribution is -0.0583. The number of ether oxygens (including phenoxy) is 2. The smallest absolute Gasteiger partial charge is 0.0751 e. The molecule has 3 nitrogen and oxygen atoms in total. The molecule has 1 saturated heterocycles. The van der Waals surface area contributed by atoms with Crippen molar-refractivity contribution in [2.24, 2.45) is 23.5 Å². The molecule has 2 fully saturated rings. The Balaban J connectivity index is 1.76. The highest BCUT2D eigenvalue weighted by Gasteiger charge is 2.33. The predicted molar refractivity (Wildman–Crippen MR) is 68.8 cm³/mol. The van der Waals surface area contributed by atoms with Gasteiger partial charge in [-0.2, -0.15) is 0 Å². The Morgan fingerprint density at radius 1 is 1.18 bits per heavy atom. The van der Waals surface area contributed by atoms with E-state index in [0.717, 1.165) is 45.0 Å². The number of rotatable bonds is 3. The highest BCUT2D eigenvalue weighted by molar-refractivity contribution is 4.86. The molecule has 0 amide bonds. The van der Waals surface area contributed by atoms with Gasteiger partial charge in [-0.3, -0.25) is 0 Å². The van der Waals surface area contributed by atoms with E-state index in [-0.39, 0.29) is 12.1 Å². The van der Waals surface area contributed by atoms with Crippen molar-refractivity contribution in [2.75, 3.05) is 19.8 Å². The Kier molecular flexibility index (Phi) is 4.83. The van der Waals surface area contributed by atoms with E-state index in [4.69, 9.17) is 15.2 Å². The first-order valence-corrected chi connectivity index (χ1v) is 7.11. The fourth-order valence-electron chi connectivity index (χ4n) is 3.33. The third-order valence-electron chi connectivity index (χ3n) is 4.30. The molecule has 0 aromatic carbocycles. The third-order valence-corrected chi connectivity index (χ3v) is 4.30. The van der Waals surface area contributed by atoms with Crippen LogP contribution in [0.15, 0.2) is 0 Å². The van der Waals surface area contributed by atoms with Crippen LogP contribution in [0.3, 0.4) is 0 Å². The first-order valence-electron chi connectivity index (χ1n) is 7.11. The van der Waals surface area contributed by atoms with E-state index < -0.39 is 0 Å². The summed E-state index contributed by atoms with van der Waals surface area (Å²) in [6, 6.07) is 0.230. The van der Waals surface area contributed by atoms with Gasteiger partial charge in [0.05, 0.1) is 12.7 Å². The molecule has 4 unspecified atom stereocenters. The molecule has 0 bridgehead atoms. The molecule has 4 atom stereocenters. The summed E-state index contributed by atoms with van der Waals surface area (Å²) in [6.07, 6.45) is 4.93. The summed E-state index contributed by atoms with van der Waals surface area (Å²) >= 11 is 0. The van der Waals surface area contributed by atoms with Crippen molar-refractivity contribution < 1.29 is 9.47 Å². The predicted octanol–water partition coefficient (Wildman–Crippen LogP) is 2.19. The summed E-state index contributed by atoms with van der Waals surface area (Å²) in [5.74, 6) is 2.04. The average Bonchev–Trinajstić information content (AvgIpc) is 2.29. The van der Waals surface area contributed by atoms with Crippen LogP contribution >= 0.6 is 0 Å². The second kappa shape index (κ2) is 6.17. The van der Waals surface area contributed by atoms with Crippen molar-refractivity contribution in [3.05, 3.63) is 0 Å². The summed E-state index contributed by atoms with van der Waals surface area (Å²) in [6.45, 7) is 7.25. The number of hydrogen-bond donors (Lipinski definition) is 1. The molecule has 1 aliphatic heterocycles. The van der Waals surface area contributed by atoms with E-state index in [1.54, 1.807) is 0 Å². The third kappa shape index (κ3) is 3.67. The van der Waals surface area contributed by atoms with Crippen LogP contribution < -0.4 is 5.73 Å². The maximum Gasteiger partial charge on any atom is 0.0751 e. The van der Waals surface area contributed by atoms with Crippen molar-refractivity contribution in [1.82, 2.24) is 0 Å². The van der Waals surface area contributed by atoms with Crippen LogP contribution in [-0.4, -0.2) is 32.0 Å². The molecule has 3 heteroatoms. The number of nitrogens with two attached hydrogens (primary N) is 1. The van der Waals surface area contributed by atoms with E-state index >= 15 is 0 Å². The molecule has 0 aromatic heterocycles. The molecule has 2 N–H and O–H groups in total. The molecule has 0 radical (unpaired) electrons. The molecule has 17 heavy (non-hydrogen) atoms. The minimum atomic E-state index is 0.230. The van der Waals surface area contributed by atoms with E-state index in [1.165, 1.54) is 6.42 Å². The highest BCUT2D eigenvalue weighted by Crippen LogP contribution is 2.30. The molecule has 1 aliphatic carbocycles. The van der Waals surface area contributed by atoms with Gasteiger partial charge in [0, 0.05) is 19.3 Å². The second-order valence-electron chi connectivity index (χ2n) is 6.07. The van der Waals surface area contributed by atoms with Crippen molar-refractivity contribution in [3.63, 3.8) is 0 Å². The summed E-state index contributed by atoms with van der Waals surface area (Å²) < 4.78 is 11.5. The van der Waals surface area contributed by atoms with Crippen LogP contribution in [0, 0.1) is 17.8 Å². The SMILES string of the molecule is CC1CC(C)C(OCC2CCOCC2)C(N)C1. The van der Waals surface area contributed by atoms with Crippen molar-refractivity contribution in [3.8, 4) is 0 Å². The fraction of sp³-hybridized carbons (Fsp3) is 1.00. The lowest BCUT2D eigenvalue weighted by atomic mass is 9.78. The Labute approximate surface area is 105 Å². The summed E-state index contributed by atoms with van der Waals surface area (Å²) in [5, 5.41) is 0. The maximum absolute atomic E-state index is 6.23. The van der Waals surface area contributed by atoms with Crippen LogP contribution in [-0.2, 0) is 9.47 Å². The van der Waals surface area contributed by atoms with E-state index in [0.29, 0.717) is 11.8 Å². The van der Waals surface area contributed by atoms with Gasteiger partial charge in [0.25, 0.3) is 0 Å². The first kappa shape index (κ1) is 13.3. The quantitative estimate of drug-likeness (QED) is 0.824. The topological polar surface area (TPSA) is 44.5 Å². The van der Waals surface area contributed by atoms with Crippen LogP contribution in [0.1, 0.15) is 39.5 Å². The second-order valence-corrected chi connectivity index (χ2v) is 6.07. The van der Waals surface area contributed by atoms with Crippen LogP contribution in [0.25, 0.3) is 0 Å². The Morgan fingerprint density at radius 3 is 2.53 bits per heavy atom. The molecule has 0 aromatic rings. The zero-order chi connectivity index (χ0) is 12.3. The molecule has 1 heterocycles. The van der Waals surface area contributed by atoms with Crippen LogP contribution in [0.2, 0.25) is 0 Å². The molecular formula is C14H27NO2. The van der Waals surface area contributed by atoms with Gasteiger partial charge in [-0.15, -0.1) is 0 Å². The molecule has 2 aliphatic rings. The van der Waals surface area contributed by atoms with Gasteiger partial charge in [-0.25, -0.2) is 0 Å². The van der Waals surface area contributed by atoms with Gasteiger partial charge in [0.2, 0.25) is 0 Å². The lowest BCUT2D eigenvalue weighted by Crippen LogP contribution is -2.47. The van der Waals surface area contributed by atoms with Gasteiger partial charge in [-0.05, 0) is 43.4 Å². The van der Waals surface area contributed by atoms with Crippen molar-refractivity contribution in [1.29, 1.82) is 0 Å². The van der Waals surface area contributed by atoms with Crippen LogP contribution in [0.5, 0.6) is 0 Å². The molecule has 0 spiro atoms. The maximum atomic E-state index is 6.23. The van der Waals surface area contributed by atoms with Crippen LogP contribution in [0.4, 0.5) is 0 Å². The summed E-state index contributed by atoms with van der Waals surface area (Å²) in [4.78, 5) is 0. The lowest BCUT2D eigenvalue weighted by Gasteiger charge is -2.38. The van der Waals surface area contributed by atoms with Gasteiger partial charge in [0.15, 0.2) is 0 Å². The summed E-state index contributed by atoms with van der Waals surface area (Å²) in [7, 11) is 0. The average molecular weight is 241 g/mol. The zero-order valence-electron chi connectivity index (χ0n) is 11.2. The standard InChI is InChI=1S/C14H27NO2/c1-10-7-11(2)14(13(15)8-10)17-9-12-3-5-16-6-4-12/h10-14H,3-9,15H2,1-2H3. The fourth-order valence-corrected chi connectivity index (χ4v) is 3.33. The molecule has 1 saturated carbocycles. The van der Waals surface area contributed by atoms with E-state index in [2.05, 4.69) is 13.8 Å². The number of hydrogen-bond acceptors (Lipinski definition) is 3. The van der Waals surface area contributed by atoms with Gasteiger partial charge in [-0.1, -0.05) is 13.8 Å². The van der Waals surface area contributed by atoms with Crippen molar-refractivity contribution in [2.45, 2.75) is 51.7 Å². The van der Waals surface area contributed by atoms with Gasteiger partial charge in [0.1, 0.15) is 0 Å². The van der Waals surface area contributed by atoms with Gasteiger partial charge < -0.3 is 15.2 Å². The Bertz CT molecular complexity index is 216. The summed E-state index contributed by atoms with van der Waals surface area (Å²) in [5.41, 5.74) is 6.23. The Morgan fingerprint density at radius 2 is 1.88 bits per heavy atom. The van der Waals surface area contributed by atoms with E-state index in [1.807, 2.05) is 0 Å².